The van der Waals surface area contributed by atoms with Crippen LogP contribution in [0.4, 0.5) is 4.39 Å². The minimum Gasteiger partial charge on any atom is -0.472 e. The van der Waals surface area contributed by atoms with Gasteiger partial charge in [0.1, 0.15) is 11.4 Å². The molecule has 3 aromatic rings. The van der Waals surface area contributed by atoms with E-state index in [1.54, 1.807) is 23.6 Å². The van der Waals surface area contributed by atoms with Gasteiger partial charge in [-0.25, -0.2) is 17.5 Å². The van der Waals surface area contributed by atoms with Crippen molar-refractivity contribution in [3.63, 3.8) is 0 Å². The van der Waals surface area contributed by atoms with Gasteiger partial charge in [0.15, 0.2) is 0 Å². The lowest BCUT2D eigenvalue weighted by Gasteiger charge is -2.26. The summed E-state index contributed by atoms with van der Waals surface area (Å²) in [6.45, 7) is -0.329. The van der Waals surface area contributed by atoms with E-state index in [2.05, 4.69) is 4.72 Å². The maximum Gasteiger partial charge on any atom is 0.240 e. The molecule has 2 N–H and O–H groups in total. The first kappa shape index (κ1) is 18.1. The fourth-order valence-electron chi connectivity index (χ4n) is 2.27. The second-order valence-corrected chi connectivity index (χ2v) is 8.37. The Labute approximate surface area is 152 Å². The molecule has 0 aliphatic rings. The SMILES string of the molecule is O=S(=O)(NC[C@](O)(c1ccoc1)c1cccs1)c1ccc(F)c(Cl)c1. The van der Waals surface area contributed by atoms with Gasteiger partial charge in [0.05, 0.1) is 22.4 Å². The molecule has 0 aliphatic heterocycles. The van der Waals surface area contributed by atoms with Gasteiger partial charge < -0.3 is 9.52 Å². The summed E-state index contributed by atoms with van der Waals surface area (Å²) in [5.74, 6) is -0.714. The Morgan fingerprint density at radius 3 is 2.72 bits per heavy atom. The molecular weight excluding hydrogens is 389 g/mol. The van der Waals surface area contributed by atoms with Crippen LogP contribution in [0.15, 0.2) is 63.6 Å². The average molecular weight is 402 g/mol. The molecule has 0 saturated carbocycles. The van der Waals surface area contributed by atoms with Crippen LogP contribution in [-0.2, 0) is 15.6 Å². The van der Waals surface area contributed by atoms with Gasteiger partial charge in [-0.1, -0.05) is 17.7 Å². The van der Waals surface area contributed by atoms with Gasteiger partial charge in [0.2, 0.25) is 10.0 Å². The summed E-state index contributed by atoms with van der Waals surface area (Å²) >= 11 is 6.93. The third-order valence-corrected chi connectivity index (χ3v) is 6.36. The third kappa shape index (κ3) is 3.63. The van der Waals surface area contributed by atoms with E-state index in [0.29, 0.717) is 10.4 Å². The summed E-state index contributed by atoms with van der Waals surface area (Å²) < 4.78 is 45.5. The predicted molar refractivity (Wildman–Crippen MR) is 92.6 cm³/mol. The molecule has 0 amide bonds. The first-order valence-corrected chi connectivity index (χ1v) is 9.81. The quantitative estimate of drug-likeness (QED) is 0.663. The van der Waals surface area contributed by atoms with E-state index in [1.807, 2.05) is 0 Å². The molecule has 2 heterocycles. The van der Waals surface area contributed by atoms with Crippen molar-refractivity contribution in [3.8, 4) is 0 Å². The fourth-order valence-corrected chi connectivity index (χ4v) is 4.45. The number of aliphatic hydroxyl groups is 1. The molecule has 3 rings (SSSR count). The van der Waals surface area contributed by atoms with Crippen LogP contribution in [0.5, 0.6) is 0 Å². The number of halogens is 2. The van der Waals surface area contributed by atoms with E-state index in [9.17, 15) is 17.9 Å². The van der Waals surface area contributed by atoms with Crippen LogP contribution in [0.25, 0.3) is 0 Å². The lowest BCUT2D eigenvalue weighted by atomic mass is 9.95. The highest BCUT2D eigenvalue weighted by Crippen LogP contribution is 2.33. The van der Waals surface area contributed by atoms with Gasteiger partial charge in [0.25, 0.3) is 0 Å². The lowest BCUT2D eigenvalue weighted by molar-refractivity contribution is 0.0892. The molecule has 2 aromatic heterocycles. The van der Waals surface area contributed by atoms with Gasteiger partial charge in [-0.3, -0.25) is 0 Å². The Bertz CT molecular complexity index is 922. The van der Waals surface area contributed by atoms with Gasteiger partial charge in [-0.15, -0.1) is 11.3 Å². The number of hydrogen-bond donors (Lipinski definition) is 2. The van der Waals surface area contributed by atoms with Crippen LogP contribution < -0.4 is 4.72 Å². The zero-order valence-electron chi connectivity index (χ0n) is 12.6. The van der Waals surface area contributed by atoms with Crippen LogP contribution in [-0.4, -0.2) is 20.1 Å². The Morgan fingerprint density at radius 2 is 2.12 bits per heavy atom. The van der Waals surface area contributed by atoms with E-state index >= 15 is 0 Å². The van der Waals surface area contributed by atoms with Crippen LogP contribution in [0, 0.1) is 5.82 Å². The molecule has 25 heavy (non-hydrogen) atoms. The van der Waals surface area contributed by atoms with Gasteiger partial charge >= 0.3 is 0 Å². The van der Waals surface area contributed by atoms with E-state index in [-0.39, 0.29) is 16.5 Å². The summed E-state index contributed by atoms with van der Waals surface area (Å²) in [7, 11) is -4.00. The fraction of sp³-hybridized carbons (Fsp3) is 0.125. The Hall–Kier alpha value is -1.71. The van der Waals surface area contributed by atoms with E-state index in [0.717, 1.165) is 18.2 Å². The highest BCUT2D eigenvalue weighted by atomic mass is 35.5. The van der Waals surface area contributed by atoms with E-state index in [1.165, 1.54) is 23.9 Å². The zero-order chi connectivity index (χ0) is 18.1. The van der Waals surface area contributed by atoms with Crippen molar-refractivity contribution in [2.24, 2.45) is 0 Å². The Balaban J connectivity index is 1.90. The second kappa shape index (κ2) is 6.89. The molecule has 0 radical (unpaired) electrons. The molecular formula is C16H13ClFNO4S2. The zero-order valence-corrected chi connectivity index (χ0v) is 15.0. The third-order valence-electron chi connectivity index (χ3n) is 3.65. The van der Waals surface area contributed by atoms with Crippen molar-refractivity contribution in [2.75, 3.05) is 6.54 Å². The number of furan rings is 1. The number of sulfonamides is 1. The molecule has 5 nitrogen and oxygen atoms in total. The lowest BCUT2D eigenvalue weighted by Crippen LogP contribution is -2.40. The first-order chi connectivity index (χ1) is 11.8. The molecule has 0 aliphatic carbocycles. The predicted octanol–water partition coefficient (Wildman–Crippen LogP) is 3.35. The van der Waals surface area contributed by atoms with Crippen LogP contribution in [0.2, 0.25) is 5.02 Å². The topological polar surface area (TPSA) is 79.5 Å². The summed E-state index contributed by atoms with van der Waals surface area (Å²) in [5, 5.41) is 12.6. The maximum atomic E-state index is 13.2. The normalized spacial score (nSPS) is 14.4. The largest absolute Gasteiger partial charge is 0.472 e. The molecule has 0 spiro atoms. The number of nitrogens with one attached hydrogen (secondary N) is 1. The van der Waals surface area contributed by atoms with Gasteiger partial charge in [-0.05, 0) is 35.7 Å². The van der Waals surface area contributed by atoms with Gasteiger partial charge in [-0.2, -0.15) is 0 Å². The highest BCUT2D eigenvalue weighted by molar-refractivity contribution is 7.89. The van der Waals surface area contributed by atoms with Crippen molar-refractivity contribution < 1.29 is 22.3 Å². The van der Waals surface area contributed by atoms with E-state index in [4.69, 9.17) is 16.0 Å². The minimum atomic E-state index is -4.00. The first-order valence-electron chi connectivity index (χ1n) is 7.07. The molecule has 9 heteroatoms. The smallest absolute Gasteiger partial charge is 0.240 e. The van der Waals surface area contributed by atoms with Crippen LogP contribution in [0.3, 0.4) is 0 Å². The van der Waals surface area contributed by atoms with Crippen molar-refractivity contribution in [3.05, 3.63) is 75.6 Å². The minimum absolute atomic E-state index is 0.195. The molecule has 1 aromatic carbocycles. The summed E-state index contributed by atoms with van der Waals surface area (Å²) in [5.41, 5.74) is -1.19. The van der Waals surface area contributed by atoms with Crippen LogP contribution >= 0.6 is 22.9 Å². The molecule has 0 unspecified atom stereocenters. The Kier molecular flexibility index (Phi) is 4.99. The summed E-state index contributed by atoms with van der Waals surface area (Å²) in [6, 6.07) is 8.09. The number of thiophene rings is 1. The summed E-state index contributed by atoms with van der Waals surface area (Å²) in [6.07, 6.45) is 2.74. The Morgan fingerprint density at radius 1 is 1.32 bits per heavy atom. The standard InChI is InChI=1S/C16H13ClFNO4S2/c17-13-8-12(3-4-14(13)18)25(21,22)19-10-16(20,11-5-6-23-9-11)15-2-1-7-24-15/h1-9,19-20H,10H2/t16-/m0/s1. The van der Waals surface area contributed by atoms with Crippen molar-refractivity contribution >= 4 is 33.0 Å². The second-order valence-electron chi connectivity index (χ2n) is 5.25. The maximum absolute atomic E-state index is 13.2. The van der Waals surface area contributed by atoms with Crippen molar-refractivity contribution in [2.45, 2.75) is 10.5 Å². The number of benzene rings is 1. The molecule has 0 bridgehead atoms. The molecule has 132 valence electrons. The number of hydrogen-bond acceptors (Lipinski definition) is 5. The molecule has 0 fully saturated rings. The van der Waals surface area contributed by atoms with Crippen molar-refractivity contribution in [1.29, 1.82) is 0 Å². The number of rotatable bonds is 6. The summed E-state index contributed by atoms with van der Waals surface area (Å²) in [4.78, 5) is 0.355. The molecule has 1 atom stereocenters. The van der Waals surface area contributed by atoms with Crippen molar-refractivity contribution in [1.82, 2.24) is 4.72 Å². The highest BCUT2D eigenvalue weighted by Gasteiger charge is 2.35. The van der Waals surface area contributed by atoms with Crippen LogP contribution in [0.1, 0.15) is 10.4 Å². The average Bonchev–Trinajstić information content (AvgIpc) is 3.29. The molecule has 0 saturated heterocycles. The monoisotopic (exact) mass is 401 g/mol. The van der Waals surface area contributed by atoms with Gasteiger partial charge in [0, 0.05) is 17.0 Å². The van der Waals surface area contributed by atoms with E-state index < -0.39 is 21.4 Å².